The molecule has 1 aliphatic rings. The molecule has 1 aliphatic heterocycles. The van der Waals surface area contributed by atoms with E-state index in [2.05, 4.69) is 22.4 Å². The Morgan fingerprint density at radius 3 is 2.77 bits per heavy atom. The number of hydrogen-bond donors (Lipinski definition) is 2. The van der Waals surface area contributed by atoms with Gasteiger partial charge in [-0.25, -0.2) is 4.79 Å². The van der Waals surface area contributed by atoms with Crippen LogP contribution in [0.5, 0.6) is 5.75 Å². The van der Waals surface area contributed by atoms with Crippen molar-refractivity contribution >= 4 is 11.8 Å². The minimum atomic E-state index is -0.302. The van der Waals surface area contributed by atoms with Crippen molar-refractivity contribution in [2.45, 2.75) is 39.5 Å². The summed E-state index contributed by atoms with van der Waals surface area (Å²) >= 11 is 0. The SMILES string of the molecule is CCCC1=C(C(=O)OCC)C(c2cccc(C)c2OC)c2cn[nH]c2N1. The van der Waals surface area contributed by atoms with Gasteiger partial charge in [0.05, 0.1) is 31.4 Å². The first-order valence-electron chi connectivity index (χ1n) is 8.96. The Balaban J connectivity index is 2.24. The van der Waals surface area contributed by atoms with Crippen LogP contribution in [0.4, 0.5) is 5.82 Å². The Labute approximate surface area is 153 Å². The van der Waals surface area contributed by atoms with Gasteiger partial charge in [-0.05, 0) is 25.8 Å². The maximum absolute atomic E-state index is 12.9. The third-order valence-electron chi connectivity index (χ3n) is 4.62. The van der Waals surface area contributed by atoms with Gasteiger partial charge < -0.3 is 14.8 Å². The number of H-pyrrole nitrogens is 1. The molecule has 1 atom stereocenters. The van der Waals surface area contributed by atoms with Crippen LogP contribution in [0.25, 0.3) is 0 Å². The van der Waals surface area contributed by atoms with E-state index in [1.165, 1.54) is 0 Å². The normalized spacial score (nSPS) is 16.1. The van der Waals surface area contributed by atoms with E-state index >= 15 is 0 Å². The maximum atomic E-state index is 12.9. The number of para-hydroxylation sites is 1. The molecule has 0 spiro atoms. The van der Waals surface area contributed by atoms with Crippen molar-refractivity contribution in [1.82, 2.24) is 10.2 Å². The van der Waals surface area contributed by atoms with Crippen molar-refractivity contribution in [1.29, 1.82) is 0 Å². The average Bonchev–Trinajstić information content (AvgIpc) is 3.09. The number of methoxy groups -OCH3 is 1. The molecule has 0 bridgehead atoms. The number of nitrogens with one attached hydrogen (secondary N) is 2. The van der Waals surface area contributed by atoms with Gasteiger partial charge in [-0.1, -0.05) is 31.5 Å². The van der Waals surface area contributed by atoms with E-state index < -0.39 is 0 Å². The van der Waals surface area contributed by atoms with Gasteiger partial charge in [0.2, 0.25) is 0 Å². The quantitative estimate of drug-likeness (QED) is 0.769. The lowest BCUT2D eigenvalue weighted by atomic mass is 9.81. The summed E-state index contributed by atoms with van der Waals surface area (Å²) in [6, 6.07) is 5.99. The van der Waals surface area contributed by atoms with Crippen molar-refractivity contribution in [2.75, 3.05) is 19.0 Å². The molecule has 0 aliphatic carbocycles. The van der Waals surface area contributed by atoms with E-state index in [1.807, 2.05) is 32.0 Å². The maximum Gasteiger partial charge on any atom is 0.336 e. The summed E-state index contributed by atoms with van der Waals surface area (Å²) in [4.78, 5) is 12.9. The largest absolute Gasteiger partial charge is 0.496 e. The van der Waals surface area contributed by atoms with E-state index in [1.54, 1.807) is 13.3 Å². The number of hydrogen-bond acceptors (Lipinski definition) is 5. The topological polar surface area (TPSA) is 76.2 Å². The summed E-state index contributed by atoms with van der Waals surface area (Å²) in [5.41, 5.74) is 4.38. The standard InChI is InChI=1S/C20H25N3O3/c1-5-8-15-17(20(24)26-6-2)16(14-11-21-23-19(14)22-15)13-10-7-9-12(3)18(13)25-4/h7,9-11,16H,5-6,8H2,1-4H3,(H2,21,22,23). The number of nitrogens with zero attached hydrogens (tertiary/aromatic N) is 1. The molecule has 0 saturated heterocycles. The predicted molar refractivity (Wildman–Crippen MR) is 100 cm³/mol. The van der Waals surface area contributed by atoms with Crippen molar-refractivity contribution in [3.63, 3.8) is 0 Å². The fourth-order valence-electron chi connectivity index (χ4n) is 3.56. The number of aromatic nitrogens is 2. The van der Waals surface area contributed by atoms with Crippen LogP contribution in [0.3, 0.4) is 0 Å². The minimum Gasteiger partial charge on any atom is -0.496 e. The first-order chi connectivity index (χ1) is 12.6. The van der Waals surface area contributed by atoms with E-state index in [4.69, 9.17) is 9.47 Å². The highest BCUT2D eigenvalue weighted by Crippen LogP contribution is 2.45. The lowest BCUT2D eigenvalue weighted by Crippen LogP contribution is -2.25. The molecule has 138 valence electrons. The second-order valence-corrected chi connectivity index (χ2v) is 6.32. The Kier molecular flexibility index (Phi) is 5.30. The molecule has 6 heteroatoms. The van der Waals surface area contributed by atoms with Gasteiger partial charge in [0, 0.05) is 16.8 Å². The first kappa shape index (κ1) is 18.0. The number of aryl methyl sites for hydroxylation is 1. The second kappa shape index (κ2) is 7.64. The van der Waals surface area contributed by atoms with Crippen molar-refractivity contribution in [3.05, 3.63) is 52.4 Å². The monoisotopic (exact) mass is 355 g/mol. The second-order valence-electron chi connectivity index (χ2n) is 6.32. The summed E-state index contributed by atoms with van der Waals surface area (Å²) in [5, 5.41) is 10.5. The van der Waals surface area contributed by atoms with Gasteiger partial charge in [-0.3, -0.25) is 5.10 Å². The van der Waals surface area contributed by atoms with Crippen LogP contribution < -0.4 is 10.1 Å². The molecule has 2 aromatic rings. The first-order valence-corrected chi connectivity index (χ1v) is 8.96. The molecule has 2 heterocycles. The summed E-state index contributed by atoms with van der Waals surface area (Å²) in [6.07, 6.45) is 3.42. The molecule has 0 fully saturated rings. The third-order valence-corrected chi connectivity index (χ3v) is 4.62. The molecule has 2 N–H and O–H groups in total. The smallest absolute Gasteiger partial charge is 0.336 e. The third kappa shape index (κ3) is 3.07. The number of anilines is 1. The number of allylic oxidation sites excluding steroid dienone is 1. The Bertz CT molecular complexity index is 839. The van der Waals surface area contributed by atoms with Crippen LogP contribution in [-0.4, -0.2) is 29.9 Å². The molecular weight excluding hydrogens is 330 g/mol. The lowest BCUT2D eigenvalue weighted by molar-refractivity contribution is -0.138. The Morgan fingerprint density at radius 2 is 2.08 bits per heavy atom. The van der Waals surface area contributed by atoms with Crippen LogP contribution >= 0.6 is 0 Å². The Hall–Kier alpha value is -2.76. The summed E-state index contributed by atoms with van der Waals surface area (Å²) in [5.74, 6) is 1.00. The van der Waals surface area contributed by atoms with Gasteiger partial charge in [-0.2, -0.15) is 5.10 Å². The summed E-state index contributed by atoms with van der Waals surface area (Å²) < 4.78 is 11.1. The highest BCUT2D eigenvalue weighted by atomic mass is 16.5. The molecule has 1 aromatic heterocycles. The van der Waals surface area contributed by atoms with Crippen molar-refractivity contribution in [2.24, 2.45) is 0 Å². The van der Waals surface area contributed by atoms with Crippen molar-refractivity contribution < 1.29 is 14.3 Å². The predicted octanol–water partition coefficient (Wildman–Crippen LogP) is 3.90. The molecule has 3 rings (SSSR count). The highest BCUT2D eigenvalue weighted by Gasteiger charge is 2.37. The van der Waals surface area contributed by atoms with Crippen LogP contribution in [-0.2, 0) is 9.53 Å². The number of esters is 1. The summed E-state index contributed by atoms with van der Waals surface area (Å²) in [6.45, 7) is 6.24. The van der Waals surface area contributed by atoms with Gasteiger partial charge >= 0.3 is 5.97 Å². The number of rotatable bonds is 6. The highest BCUT2D eigenvalue weighted by molar-refractivity contribution is 5.94. The average molecular weight is 355 g/mol. The van der Waals surface area contributed by atoms with Crippen LogP contribution in [0.15, 0.2) is 35.7 Å². The molecule has 26 heavy (non-hydrogen) atoms. The fourth-order valence-corrected chi connectivity index (χ4v) is 3.56. The zero-order valence-electron chi connectivity index (χ0n) is 15.7. The number of benzene rings is 1. The van der Waals surface area contributed by atoms with Gasteiger partial charge in [0.15, 0.2) is 0 Å². The fraction of sp³-hybridized carbons (Fsp3) is 0.400. The lowest BCUT2D eigenvalue weighted by Gasteiger charge is -2.29. The number of fused-ring (bicyclic) bond motifs is 1. The van der Waals surface area contributed by atoms with Crippen molar-refractivity contribution in [3.8, 4) is 5.75 Å². The molecule has 0 radical (unpaired) electrons. The van der Waals surface area contributed by atoms with Crippen LogP contribution in [0, 0.1) is 6.92 Å². The molecular formula is C20H25N3O3. The van der Waals surface area contributed by atoms with Crippen LogP contribution in [0.2, 0.25) is 0 Å². The number of ether oxygens (including phenoxy) is 2. The minimum absolute atomic E-state index is 0.291. The van der Waals surface area contributed by atoms with Gasteiger partial charge in [0.25, 0.3) is 0 Å². The molecule has 6 nitrogen and oxygen atoms in total. The summed E-state index contributed by atoms with van der Waals surface area (Å²) in [7, 11) is 1.66. The molecule has 1 unspecified atom stereocenters. The van der Waals surface area contributed by atoms with Crippen LogP contribution in [0.1, 0.15) is 49.3 Å². The van der Waals surface area contributed by atoms with E-state index in [9.17, 15) is 4.79 Å². The van der Waals surface area contributed by atoms with E-state index in [-0.39, 0.29) is 11.9 Å². The zero-order valence-corrected chi connectivity index (χ0v) is 15.7. The Morgan fingerprint density at radius 1 is 1.27 bits per heavy atom. The van der Waals surface area contributed by atoms with Gasteiger partial charge in [-0.15, -0.1) is 0 Å². The zero-order chi connectivity index (χ0) is 18.7. The molecule has 1 aromatic carbocycles. The molecule has 0 saturated carbocycles. The number of carbonyl (C=O) groups excluding carboxylic acids is 1. The van der Waals surface area contributed by atoms with E-state index in [0.717, 1.165) is 46.8 Å². The van der Waals surface area contributed by atoms with E-state index in [0.29, 0.717) is 12.2 Å². The molecule has 0 amide bonds. The van der Waals surface area contributed by atoms with Gasteiger partial charge in [0.1, 0.15) is 11.6 Å². The number of carbonyl (C=O) groups is 1. The number of aromatic amines is 1.